The number of hydrogen-bond donors (Lipinski definition) is 3. The molecule has 0 bridgehead atoms. The number of hydrogen-bond acceptors (Lipinski definition) is 7. The molecule has 3 aromatic heterocycles. The number of nitrogens with one attached hydrogen (secondary N) is 3. The fraction of sp³-hybridized carbons (Fsp3) is 0.455. The maximum absolute atomic E-state index is 13.6. The topological polar surface area (TPSA) is 115 Å². The smallest absolute Gasteiger partial charge is 0.274 e. The summed E-state index contributed by atoms with van der Waals surface area (Å²) in [6.07, 6.45) is 3.27. The van der Waals surface area contributed by atoms with Crippen molar-refractivity contribution < 1.29 is 13.9 Å². The van der Waals surface area contributed by atoms with E-state index in [-0.39, 0.29) is 17.2 Å². The normalized spacial score (nSPS) is 27.6. The molecule has 11 heteroatoms. The van der Waals surface area contributed by atoms with Crippen LogP contribution in [0, 0.1) is 11.8 Å². The van der Waals surface area contributed by atoms with Crippen molar-refractivity contribution in [2.45, 2.75) is 31.1 Å². The summed E-state index contributed by atoms with van der Waals surface area (Å²) < 4.78 is 22.3. The fourth-order valence-corrected chi connectivity index (χ4v) is 4.83. The molecule has 3 N–H and O–H groups in total. The van der Waals surface area contributed by atoms with Crippen LogP contribution >= 0.6 is 0 Å². The highest BCUT2D eigenvalue weighted by atomic mass is 19.1. The Kier molecular flexibility index (Phi) is 4.61. The van der Waals surface area contributed by atoms with E-state index < -0.39 is 18.1 Å². The molecule has 1 aliphatic heterocycles. The van der Waals surface area contributed by atoms with Gasteiger partial charge in [0.2, 0.25) is 0 Å². The number of fused-ring (bicyclic) bond motifs is 2. The summed E-state index contributed by atoms with van der Waals surface area (Å²) in [5.74, 6) is 1.35. The van der Waals surface area contributed by atoms with Gasteiger partial charge in [-0.3, -0.25) is 9.59 Å². The summed E-state index contributed by atoms with van der Waals surface area (Å²) in [6, 6.07) is 4.95. The quantitative estimate of drug-likeness (QED) is 0.521. The van der Waals surface area contributed by atoms with Gasteiger partial charge >= 0.3 is 0 Å². The molecule has 0 spiro atoms. The van der Waals surface area contributed by atoms with Crippen LogP contribution in [0.5, 0.6) is 0 Å². The Labute approximate surface area is 188 Å². The van der Waals surface area contributed by atoms with E-state index in [1.165, 1.54) is 10.7 Å². The molecule has 3 fully saturated rings. The number of aromatic nitrogens is 4. The zero-order chi connectivity index (χ0) is 22.7. The predicted octanol–water partition coefficient (Wildman–Crippen LogP) is 1.72. The van der Waals surface area contributed by atoms with Crippen molar-refractivity contribution in [3.05, 3.63) is 46.5 Å². The number of rotatable bonds is 6. The first-order chi connectivity index (χ1) is 16.0. The first-order valence-electron chi connectivity index (χ1n) is 11.1. The second-order valence-electron chi connectivity index (χ2n) is 8.86. The Morgan fingerprint density at radius 2 is 2.09 bits per heavy atom. The van der Waals surface area contributed by atoms with Crippen LogP contribution in [0.25, 0.3) is 5.65 Å². The molecule has 2 aliphatic carbocycles. The van der Waals surface area contributed by atoms with Crippen molar-refractivity contribution in [2.75, 3.05) is 30.9 Å². The number of amides is 1. The van der Waals surface area contributed by atoms with Crippen molar-refractivity contribution in [3.63, 3.8) is 0 Å². The van der Waals surface area contributed by atoms with Gasteiger partial charge in [0.05, 0.1) is 25.5 Å². The molecule has 1 amide bonds. The molecule has 6 rings (SSSR count). The number of nitrogens with zero attached hydrogens (tertiary/aromatic N) is 4. The molecule has 172 valence electrons. The van der Waals surface area contributed by atoms with Gasteiger partial charge in [-0.15, -0.1) is 0 Å². The van der Waals surface area contributed by atoms with Crippen LogP contribution in [0.2, 0.25) is 0 Å². The highest BCUT2D eigenvalue weighted by Gasteiger charge is 2.55. The average Bonchev–Trinajstić information content (AvgIpc) is 3.15. The molecule has 3 aliphatic rings. The molecular weight excluding hydrogens is 429 g/mol. The molecule has 1 saturated heterocycles. The Morgan fingerprint density at radius 1 is 1.27 bits per heavy atom. The van der Waals surface area contributed by atoms with Crippen LogP contribution in [-0.4, -0.2) is 57.5 Å². The highest BCUT2D eigenvalue weighted by Crippen LogP contribution is 2.53. The van der Waals surface area contributed by atoms with Crippen molar-refractivity contribution in [2.24, 2.45) is 11.8 Å². The standard InChI is InChI=1S/C22H24FN7O3/c1-24-18-7-17(26-16-3-2-6-29(22(16)32)19-12-9-33-10-13(12)19)28-20-11(8-25-30(18)20)21(31)27-15-5-4-14(15)23/h2-3,6-8,12-15,19,24H,4-5,9-10H2,1H3,(H,26,28)(H,27,31)/t12-,13+,14-,15+,19?/m1/s1. The molecule has 1 unspecified atom stereocenters. The number of pyridine rings is 1. The van der Waals surface area contributed by atoms with Gasteiger partial charge in [0.25, 0.3) is 11.5 Å². The van der Waals surface area contributed by atoms with Crippen LogP contribution in [0.15, 0.2) is 35.4 Å². The monoisotopic (exact) mass is 453 g/mol. The SMILES string of the molecule is CNc1cc(Nc2cccn(C3[C@H]4COC[C@@H]34)c2=O)nc2c(C(=O)N[C@H]3CC[C@H]3F)cnn12. The van der Waals surface area contributed by atoms with E-state index in [0.717, 1.165) is 0 Å². The lowest BCUT2D eigenvalue weighted by atomic mass is 9.90. The van der Waals surface area contributed by atoms with Crippen LogP contribution in [-0.2, 0) is 4.74 Å². The van der Waals surface area contributed by atoms with Crippen molar-refractivity contribution >= 4 is 28.9 Å². The summed E-state index contributed by atoms with van der Waals surface area (Å²) in [5, 5.41) is 13.1. The Morgan fingerprint density at radius 3 is 2.79 bits per heavy atom. The molecule has 4 heterocycles. The Bertz CT molecular complexity index is 1290. The largest absolute Gasteiger partial charge is 0.381 e. The third-order valence-electron chi connectivity index (χ3n) is 6.94. The van der Waals surface area contributed by atoms with E-state index >= 15 is 0 Å². The fourth-order valence-electron chi connectivity index (χ4n) is 4.83. The summed E-state index contributed by atoms with van der Waals surface area (Å²) in [4.78, 5) is 30.4. The lowest BCUT2D eigenvalue weighted by Crippen LogP contribution is -2.48. The van der Waals surface area contributed by atoms with E-state index in [0.29, 0.717) is 60.9 Å². The van der Waals surface area contributed by atoms with Gasteiger partial charge < -0.3 is 25.3 Å². The van der Waals surface area contributed by atoms with Gasteiger partial charge in [0.15, 0.2) is 5.65 Å². The summed E-state index contributed by atoms with van der Waals surface area (Å²) >= 11 is 0. The lowest BCUT2D eigenvalue weighted by Gasteiger charge is -2.30. The van der Waals surface area contributed by atoms with Crippen molar-refractivity contribution in [1.82, 2.24) is 24.5 Å². The van der Waals surface area contributed by atoms with Gasteiger partial charge in [0.1, 0.15) is 29.1 Å². The van der Waals surface area contributed by atoms with Gasteiger partial charge in [-0.25, -0.2) is 9.37 Å². The first-order valence-corrected chi connectivity index (χ1v) is 11.1. The third-order valence-corrected chi connectivity index (χ3v) is 6.94. The third kappa shape index (κ3) is 3.26. The minimum atomic E-state index is -1.02. The van der Waals surface area contributed by atoms with E-state index in [9.17, 15) is 14.0 Å². The molecule has 0 aromatic carbocycles. The van der Waals surface area contributed by atoms with Gasteiger partial charge in [-0.2, -0.15) is 9.61 Å². The van der Waals surface area contributed by atoms with E-state index in [2.05, 4.69) is 26.0 Å². The highest BCUT2D eigenvalue weighted by molar-refractivity contribution is 6.00. The number of carbonyl (C=O) groups excluding carboxylic acids is 1. The Balaban J connectivity index is 1.31. The zero-order valence-corrected chi connectivity index (χ0v) is 18.0. The minimum absolute atomic E-state index is 0.130. The van der Waals surface area contributed by atoms with E-state index in [4.69, 9.17) is 4.74 Å². The minimum Gasteiger partial charge on any atom is -0.381 e. The number of ether oxygens (including phenoxy) is 1. The van der Waals surface area contributed by atoms with Gasteiger partial charge in [-0.05, 0) is 25.0 Å². The maximum atomic E-state index is 13.6. The molecule has 5 atom stereocenters. The number of alkyl halides is 1. The number of halogens is 1. The zero-order valence-electron chi connectivity index (χ0n) is 18.0. The number of anilines is 3. The van der Waals surface area contributed by atoms with Crippen LogP contribution in [0.3, 0.4) is 0 Å². The summed E-state index contributed by atoms with van der Waals surface area (Å²) in [6.45, 7) is 1.39. The second-order valence-corrected chi connectivity index (χ2v) is 8.86. The van der Waals surface area contributed by atoms with Crippen molar-refractivity contribution in [3.8, 4) is 0 Å². The predicted molar refractivity (Wildman–Crippen MR) is 119 cm³/mol. The lowest BCUT2D eigenvalue weighted by molar-refractivity contribution is 0.0826. The molecule has 0 radical (unpaired) electrons. The van der Waals surface area contributed by atoms with Crippen LogP contribution < -0.4 is 21.5 Å². The van der Waals surface area contributed by atoms with E-state index in [1.54, 1.807) is 23.7 Å². The maximum Gasteiger partial charge on any atom is 0.274 e. The molecule has 33 heavy (non-hydrogen) atoms. The second kappa shape index (κ2) is 7.55. The van der Waals surface area contributed by atoms with Gasteiger partial charge in [-0.1, -0.05) is 0 Å². The van der Waals surface area contributed by atoms with Crippen molar-refractivity contribution in [1.29, 1.82) is 0 Å². The molecular formula is C22H24FN7O3. The van der Waals surface area contributed by atoms with Crippen LogP contribution in [0.4, 0.5) is 21.7 Å². The van der Waals surface area contributed by atoms with Gasteiger partial charge in [0, 0.05) is 37.2 Å². The molecule has 10 nitrogen and oxygen atoms in total. The Hall–Kier alpha value is -3.47. The summed E-state index contributed by atoms with van der Waals surface area (Å²) in [7, 11) is 1.73. The number of carbonyl (C=O) groups is 1. The average molecular weight is 453 g/mol. The first kappa shape index (κ1) is 20.2. The molecule has 2 saturated carbocycles. The molecule has 3 aromatic rings. The summed E-state index contributed by atoms with van der Waals surface area (Å²) in [5.41, 5.74) is 0.810. The van der Waals surface area contributed by atoms with Crippen LogP contribution in [0.1, 0.15) is 29.2 Å². The van der Waals surface area contributed by atoms with E-state index in [1.807, 2.05) is 12.3 Å².